The van der Waals surface area contributed by atoms with Crippen LogP contribution in [0.5, 0.6) is 5.75 Å². The van der Waals surface area contributed by atoms with Crippen molar-refractivity contribution in [2.45, 2.75) is 44.0 Å². The van der Waals surface area contributed by atoms with Crippen molar-refractivity contribution in [2.24, 2.45) is 0 Å². The number of aliphatic hydroxyl groups is 3. The lowest BCUT2D eigenvalue weighted by Crippen LogP contribution is -2.25. The number of hydrogen-bond acceptors (Lipinski definition) is 5. The Kier molecular flexibility index (Phi) is 8.75. The van der Waals surface area contributed by atoms with Crippen molar-refractivity contribution >= 4 is 22.6 Å². The van der Waals surface area contributed by atoms with Crippen molar-refractivity contribution in [1.82, 2.24) is 0 Å². The Labute approximate surface area is 174 Å². The van der Waals surface area contributed by atoms with Gasteiger partial charge in [0, 0.05) is 9.84 Å². The summed E-state index contributed by atoms with van der Waals surface area (Å²) in [4.78, 5) is 0. The minimum Gasteiger partial charge on any atom is -0.491 e. The Morgan fingerprint density at radius 3 is 2.41 bits per heavy atom. The average Bonchev–Trinajstić information content (AvgIpc) is 2.70. The zero-order valence-electron chi connectivity index (χ0n) is 15.8. The van der Waals surface area contributed by atoms with Crippen LogP contribution in [0, 0.1) is 0 Å². The van der Waals surface area contributed by atoms with Crippen LogP contribution in [0.4, 0.5) is 0 Å². The van der Waals surface area contributed by atoms with Crippen molar-refractivity contribution in [3.05, 3.63) is 53.6 Å². The van der Waals surface area contributed by atoms with Crippen molar-refractivity contribution < 1.29 is 24.8 Å². The first-order valence-corrected chi connectivity index (χ1v) is 10.7. The molecule has 0 saturated heterocycles. The quantitative estimate of drug-likeness (QED) is 0.349. The molecule has 1 aromatic carbocycles. The minimum atomic E-state index is -0.869. The highest BCUT2D eigenvalue weighted by atomic mass is 127. The van der Waals surface area contributed by atoms with E-state index in [0.29, 0.717) is 16.8 Å². The van der Waals surface area contributed by atoms with E-state index < -0.39 is 12.2 Å². The molecule has 0 aromatic heterocycles. The Hall–Kier alpha value is -0.930. The number of ether oxygens (including phenoxy) is 2. The number of rotatable bonds is 10. The number of alkyl halides is 1. The minimum absolute atomic E-state index is 0.0101. The first kappa shape index (κ1) is 22.4. The highest BCUT2D eigenvalue weighted by molar-refractivity contribution is 14.1. The fourth-order valence-electron chi connectivity index (χ4n) is 2.85. The molecule has 0 fully saturated rings. The Morgan fingerprint density at radius 1 is 1.15 bits per heavy atom. The van der Waals surface area contributed by atoms with Gasteiger partial charge >= 0.3 is 0 Å². The van der Waals surface area contributed by atoms with Gasteiger partial charge in [-0.25, -0.2) is 0 Å². The van der Waals surface area contributed by atoms with Crippen LogP contribution in [-0.2, 0) is 10.2 Å². The molecule has 0 radical (unpaired) electrons. The standard InChI is InChI=1S/C21H29IO5/c1-21(2,15-3-7-19(8-4-15)26-13-17(24)11-22)16-5-9-20(10-6-16)27-14-18(25)12-23/h3-7,9-10,17-19,23-25H,8,11-14H2,1-2H3/t17?,18?,19-/m1/s1. The third kappa shape index (κ3) is 6.57. The molecular formula is C21H29IO5. The van der Waals surface area contributed by atoms with Crippen molar-refractivity contribution in [2.75, 3.05) is 24.2 Å². The van der Waals surface area contributed by atoms with E-state index in [1.54, 1.807) is 0 Å². The predicted octanol–water partition coefficient (Wildman–Crippen LogP) is 2.76. The molecule has 2 rings (SSSR count). The van der Waals surface area contributed by atoms with Crippen LogP contribution in [0.1, 0.15) is 25.8 Å². The monoisotopic (exact) mass is 488 g/mol. The highest BCUT2D eigenvalue weighted by Gasteiger charge is 2.26. The van der Waals surface area contributed by atoms with Gasteiger partial charge in [-0.2, -0.15) is 0 Å². The summed E-state index contributed by atoms with van der Waals surface area (Å²) in [6.45, 7) is 4.47. The fraction of sp³-hybridized carbons (Fsp3) is 0.524. The second-order valence-corrected chi connectivity index (χ2v) is 8.11. The topological polar surface area (TPSA) is 79.2 Å². The van der Waals surface area contributed by atoms with Gasteiger partial charge in [-0.3, -0.25) is 0 Å². The lowest BCUT2D eigenvalue weighted by Gasteiger charge is -2.30. The van der Waals surface area contributed by atoms with E-state index in [1.807, 2.05) is 24.3 Å². The molecule has 3 N–H and O–H groups in total. The van der Waals surface area contributed by atoms with Gasteiger partial charge in [0.25, 0.3) is 0 Å². The van der Waals surface area contributed by atoms with Crippen LogP contribution in [0.15, 0.2) is 48.1 Å². The second-order valence-electron chi connectivity index (χ2n) is 7.23. The van der Waals surface area contributed by atoms with E-state index in [2.05, 4.69) is 54.7 Å². The number of halogens is 1. The van der Waals surface area contributed by atoms with Crippen LogP contribution in [0.2, 0.25) is 0 Å². The summed E-state index contributed by atoms with van der Waals surface area (Å²) in [5, 5.41) is 27.8. The molecule has 0 spiro atoms. The fourth-order valence-corrected chi connectivity index (χ4v) is 3.10. The Bertz CT molecular complexity index is 638. The third-order valence-corrected chi connectivity index (χ3v) is 5.71. The van der Waals surface area contributed by atoms with Gasteiger partial charge in [-0.1, -0.05) is 66.8 Å². The zero-order chi connectivity index (χ0) is 19.9. The lowest BCUT2D eigenvalue weighted by atomic mass is 9.75. The molecule has 3 atom stereocenters. The zero-order valence-corrected chi connectivity index (χ0v) is 18.0. The van der Waals surface area contributed by atoms with E-state index in [0.717, 1.165) is 12.0 Å². The van der Waals surface area contributed by atoms with Gasteiger partial charge < -0.3 is 24.8 Å². The number of aliphatic hydroxyl groups excluding tert-OH is 3. The molecule has 150 valence electrons. The van der Waals surface area contributed by atoms with Crippen LogP contribution >= 0.6 is 22.6 Å². The molecule has 0 heterocycles. The molecule has 0 amide bonds. The van der Waals surface area contributed by atoms with Gasteiger partial charge in [0.05, 0.1) is 25.4 Å². The molecule has 6 heteroatoms. The summed E-state index contributed by atoms with van der Waals surface area (Å²) in [5.41, 5.74) is 2.22. The molecule has 0 bridgehead atoms. The summed E-state index contributed by atoms with van der Waals surface area (Å²) in [6, 6.07) is 7.81. The largest absolute Gasteiger partial charge is 0.491 e. The molecule has 27 heavy (non-hydrogen) atoms. The highest BCUT2D eigenvalue weighted by Crippen LogP contribution is 2.35. The van der Waals surface area contributed by atoms with E-state index >= 15 is 0 Å². The van der Waals surface area contributed by atoms with Gasteiger partial charge in [0.2, 0.25) is 0 Å². The van der Waals surface area contributed by atoms with E-state index in [9.17, 15) is 10.2 Å². The summed E-state index contributed by atoms with van der Waals surface area (Å²) in [5.74, 6) is 0.664. The van der Waals surface area contributed by atoms with Crippen LogP contribution in [0.3, 0.4) is 0 Å². The number of benzene rings is 1. The van der Waals surface area contributed by atoms with E-state index in [1.165, 1.54) is 5.57 Å². The van der Waals surface area contributed by atoms with E-state index in [-0.39, 0.29) is 24.7 Å². The van der Waals surface area contributed by atoms with Gasteiger partial charge in [-0.05, 0) is 29.7 Å². The molecule has 0 saturated carbocycles. The maximum Gasteiger partial charge on any atom is 0.119 e. The first-order valence-electron chi connectivity index (χ1n) is 9.13. The smallest absolute Gasteiger partial charge is 0.119 e. The van der Waals surface area contributed by atoms with Crippen molar-refractivity contribution in [3.63, 3.8) is 0 Å². The molecule has 1 aliphatic rings. The summed E-state index contributed by atoms with van der Waals surface area (Å²) in [6.07, 6.45) is 5.88. The van der Waals surface area contributed by atoms with E-state index in [4.69, 9.17) is 14.6 Å². The van der Waals surface area contributed by atoms with Crippen molar-refractivity contribution in [3.8, 4) is 5.75 Å². The van der Waals surface area contributed by atoms with Gasteiger partial charge in [0.1, 0.15) is 18.5 Å². The summed E-state index contributed by atoms with van der Waals surface area (Å²) >= 11 is 2.15. The maximum absolute atomic E-state index is 9.62. The van der Waals surface area contributed by atoms with Gasteiger partial charge in [-0.15, -0.1) is 0 Å². The predicted molar refractivity (Wildman–Crippen MR) is 115 cm³/mol. The van der Waals surface area contributed by atoms with Crippen LogP contribution in [-0.4, -0.2) is 57.9 Å². The molecule has 1 aromatic rings. The normalized spacial score (nSPS) is 19.5. The SMILES string of the molecule is CC(C)(C1=CC[C@H](OCC(O)CI)C=C1)c1ccc(OCC(O)CO)cc1. The molecule has 1 aliphatic carbocycles. The van der Waals surface area contributed by atoms with Crippen LogP contribution < -0.4 is 4.74 Å². The Balaban J connectivity index is 1.95. The maximum atomic E-state index is 9.62. The molecule has 2 unspecified atom stereocenters. The summed E-state index contributed by atoms with van der Waals surface area (Å²) in [7, 11) is 0. The third-order valence-electron chi connectivity index (χ3n) is 4.69. The second kappa shape index (κ2) is 10.6. The average molecular weight is 488 g/mol. The van der Waals surface area contributed by atoms with Crippen LogP contribution in [0.25, 0.3) is 0 Å². The molecular weight excluding hydrogens is 459 g/mol. The van der Waals surface area contributed by atoms with Crippen molar-refractivity contribution in [1.29, 1.82) is 0 Å². The Morgan fingerprint density at radius 2 is 1.85 bits per heavy atom. The number of allylic oxidation sites excluding steroid dienone is 2. The lowest BCUT2D eigenvalue weighted by molar-refractivity contribution is 0.0211. The van der Waals surface area contributed by atoms with Gasteiger partial charge in [0.15, 0.2) is 0 Å². The number of hydrogen-bond donors (Lipinski definition) is 3. The molecule has 5 nitrogen and oxygen atoms in total. The first-order chi connectivity index (χ1) is 12.9. The summed E-state index contributed by atoms with van der Waals surface area (Å²) < 4.78 is 11.9. The molecule has 0 aliphatic heterocycles.